The SMILES string of the molecule is CCC(C)C(C)c1noc(=O)[nH]1. The number of rotatable bonds is 3. The zero-order valence-corrected chi connectivity index (χ0v) is 7.63. The molecule has 0 aliphatic carbocycles. The zero-order chi connectivity index (χ0) is 9.14. The van der Waals surface area contributed by atoms with Crippen LogP contribution in [-0.4, -0.2) is 10.1 Å². The number of hydrogen-bond donors (Lipinski definition) is 1. The van der Waals surface area contributed by atoms with Crippen LogP contribution in [0.5, 0.6) is 0 Å². The molecule has 68 valence electrons. The van der Waals surface area contributed by atoms with Crippen LogP contribution in [0.3, 0.4) is 0 Å². The lowest BCUT2D eigenvalue weighted by Gasteiger charge is -2.13. The van der Waals surface area contributed by atoms with Crippen LogP contribution in [0.25, 0.3) is 0 Å². The highest BCUT2D eigenvalue weighted by atomic mass is 16.5. The van der Waals surface area contributed by atoms with Crippen LogP contribution in [-0.2, 0) is 0 Å². The Morgan fingerprint density at radius 2 is 2.25 bits per heavy atom. The van der Waals surface area contributed by atoms with Gasteiger partial charge in [0, 0.05) is 5.92 Å². The second-order valence-corrected chi connectivity index (χ2v) is 3.15. The second kappa shape index (κ2) is 3.56. The van der Waals surface area contributed by atoms with E-state index in [1.807, 2.05) is 6.92 Å². The van der Waals surface area contributed by atoms with Gasteiger partial charge in [0.2, 0.25) is 0 Å². The topological polar surface area (TPSA) is 58.9 Å². The first-order chi connectivity index (χ1) is 5.65. The third kappa shape index (κ3) is 1.75. The van der Waals surface area contributed by atoms with Crippen molar-refractivity contribution in [1.29, 1.82) is 0 Å². The Bertz CT molecular complexity index is 289. The summed E-state index contributed by atoms with van der Waals surface area (Å²) < 4.78 is 4.42. The molecule has 0 radical (unpaired) electrons. The molecular formula is C8H14N2O2. The van der Waals surface area contributed by atoms with Crippen molar-refractivity contribution in [2.45, 2.75) is 33.1 Å². The van der Waals surface area contributed by atoms with Gasteiger partial charge in [0.15, 0.2) is 5.82 Å². The van der Waals surface area contributed by atoms with E-state index in [9.17, 15) is 4.79 Å². The van der Waals surface area contributed by atoms with E-state index >= 15 is 0 Å². The first-order valence-corrected chi connectivity index (χ1v) is 4.21. The normalized spacial score (nSPS) is 15.9. The third-order valence-corrected chi connectivity index (χ3v) is 2.39. The number of H-pyrrole nitrogens is 1. The molecule has 0 bridgehead atoms. The molecule has 0 amide bonds. The maximum atomic E-state index is 10.6. The monoisotopic (exact) mass is 170 g/mol. The molecule has 1 aromatic rings. The van der Waals surface area contributed by atoms with E-state index in [0.717, 1.165) is 6.42 Å². The molecule has 1 rings (SSSR count). The number of nitrogens with one attached hydrogen (secondary N) is 1. The van der Waals surface area contributed by atoms with Crippen molar-refractivity contribution in [2.75, 3.05) is 0 Å². The summed E-state index contributed by atoms with van der Waals surface area (Å²) in [6.45, 7) is 6.26. The van der Waals surface area contributed by atoms with Crippen molar-refractivity contribution in [1.82, 2.24) is 10.1 Å². The fourth-order valence-corrected chi connectivity index (χ4v) is 1.06. The second-order valence-electron chi connectivity index (χ2n) is 3.15. The molecule has 0 fully saturated rings. The van der Waals surface area contributed by atoms with Gasteiger partial charge in [-0.05, 0) is 5.92 Å². The summed E-state index contributed by atoms with van der Waals surface area (Å²) in [5.74, 6) is 0.932. The van der Waals surface area contributed by atoms with Gasteiger partial charge in [-0.15, -0.1) is 0 Å². The quantitative estimate of drug-likeness (QED) is 0.748. The van der Waals surface area contributed by atoms with Gasteiger partial charge in [-0.3, -0.25) is 9.51 Å². The first-order valence-electron chi connectivity index (χ1n) is 4.21. The Balaban J connectivity index is 2.77. The highest BCUT2D eigenvalue weighted by Crippen LogP contribution is 2.22. The van der Waals surface area contributed by atoms with Crippen LogP contribution in [0.15, 0.2) is 9.32 Å². The van der Waals surface area contributed by atoms with E-state index in [0.29, 0.717) is 11.7 Å². The maximum absolute atomic E-state index is 10.6. The van der Waals surface area contributed by atoms with Gasteiger partial charge >= 0.3 is 5.76 Å². The molecule has 0 spiro atoms. The Labute approximate surface area is 71.0 Å². The number of nitrogens with zero attached hydrogens (tertiary/aromatic N) is 1. The van der Waals surface area contributed by atoms with Crippen LogP contribution in [0, 0.1) is 5.92 Å². The minimum Gasteiger partial charge on any atom is -0.296 e. The molecule has 12 heavy (non-hydrogen) atoms. The first kappa shape index (κ1) is 9.03. The lowest BCUT2D eigenvalue weighted by atomic mass is 9.93. The van der Waals surface area contributed by atoms with Gasteiger partial charge in [0.25, 0.3) is 0 Å². The molecule has 0 aliphatic heterocycles. The van der Waals surface area contributed by atoms with E-state index < -0.39 is 5.76 Å². The molecule has 0 aliphatic rings. The lowest BCUT2D eigenvalue weighted by Crippen LogP contribution is -2.08. The summed E-state index contributed by atoms with van der Waals surface area (Å²) >= 11 is 0. The van der Waals surface area contributed by atoms with E-state index in [1.165, 1.54) is 0 Å². The Morgan fingerprint density at radius 1 is 1.58 bits per heavy atom. The number of aromatic amines is 1. The van der Waals surface area contributed by atoms with Gasteiger partial charge in [0.05, 0.1) is 0 Å². The molecule has 4 heteroatoms. The molecule has 1 heterocycles. The lowest BCUT2D eigenvalue weighted by molar-refractivity contribution is 0.366. The van der Waals surface area contributed by atoms with Crippen molar-refractivity contribution < 1.29 is 4.52 Å². The van der Waals surface area contributed by atoms with Crippen LogP contribution in [0.2, 0.25) is 0 Å². The predicted octanol–water partition coefficient (Wildman–Crippen LogP) is 1.51. The molecule has 2 unspecified atom stereocenters. The van der Waals surface area contributed by atoms with Gasteiger partial charge < -0.3 is 0 Å². The smallest absolute Gasteiger partial charge is 0.296 e. The Morgan fingerprint density at radius 3 is 2.67 bits per heavy atom. The predicted molar refractivity (Wildman–Crippen MR) is 45.0 cm³/mol. The molecule has 0 saturated heterocycles. The molecule has 1 N–H and O–H groups in total. The average Bonchev–Trinajstić information content (AvgIpc) is 2.49. The minimum atomic E-state index is -0.472. The summed E-state index contributed by atoms with van der Waals surface area (Å²) in [6, 6.07) is 0. The maximum Gasteiger partial charge on any atom is 0.438 e. The van der Waals surface area contributed by atoms with E-state index in [2.05, 4.69) is 28.5 Å². The highest BCUT2D eigenvalue weighted by molar-refractivity contribution is 4.91. The van der Waals surface area contributed by atoms with Crippen LogP contribution in [0.4, 0.5) is 0 Å². The average molecular weight is 170 g/mol. The van der Waals surface area contributed by atoms with Crippen molar-refractivity contribution in [3.05, 3.63) is 16.4 Å². The van der Waals surface area contributed by atoms with Gasteiger partial charge in [-0.25, -0.2) is 4.79 Å². The van der Waals surface area contributed by atoms with Crippen LogP contribution >= 0.6 is 0 Å². The molecule has 2 atom stereocenters. The van der Waals surface area contributed by atoms with Crippen LogP contribution < -0.4 is 5.76 Å². The zero-order valence-electron chi connectivity index (χ0n) is 7.63. The van der Waals surface area contributed by atoms with Crippen molar-refractivity contribution in [2.24, 2.45) is 5.92 Å². The Hall–Kier alpha value is -1.06. The fourth-order valence-electron chi connectivity index (χ4n) is 1.06. The highest BCUT2D eigenvalue weighted by Gasteiger charge is 2.16. The number of aromatic nitrogens is 2. The molecular weight excluding hydrogens is 156 g/mol. The van der Waals surface area contributed by atoms with E-state index in [1.54, 1.807) is 0 Å². The van der Waals surface area contributed by atoms with E-state index in [4.69, 9.17) is 0 Å². The van der Waals surface area contributed by atoms with Crippen molar-refractivity contribution in [3.8, 4) is 0 Å². The molecule has 0 aromatic carbocycles. The van der Waals surface area contributed by atoms with Gasteiger partial charge in [-0.1, -0.05) is 32.3 Å². The van der Waals surface area contributed by atoms with Crippen molar-refractivity contribution >= 4 is 0 Å². The van der Waals surface area contributed by atoms with Crippen LogP contribution in [0.1, 0.15) is 38.9 Å². The summed E-state index contributed by atoms with van der Waals surface area (Å²) in [4.78, 5) is 13.2. The fraction of sp³-hybridized carbons (Fsp3) is 0.750. The minimum absolute atomic E-state index is 0.251. The molecule has 1 aromatic heterocycles. The molecule has 0 saturated carbocycles. The largest absolute Gasteiger partial charge is 0.438 e. The van der Waals surface area contributed by atoms with E-state index in [-0.39, 0.29) is 5.92 Å². The molecule has 4 nitrogen and oxygen atoms in total. The van der Waals surface area contributed by atoms with Gasteiger partial charge in [-0.2, -0.15) is 0 Å². The standard InChI is InChI=1S/C8H14N2O2/c1-4-5(2)6(3)7-9-8(11)12-10-7/h5-6H,4H2,1-3H3,(H,9,10,11). The van der Waals surface area contributed by atoms with Crippen molar-refractivity contribution in [3.63, 3.8) is 0 Å². The third-order valence-electron chi connectivity index (χ3n) is 2.39. The summed E-state index contributed by atoms with van der Waals surface area (Å²) in [5.41, 5.74) is 0. The number of hydrogen-bond acceptors (Lipinski definition) is 3. The summed E-state index contributed by atoms with van der Waals surface area (Å²) in [6.07, 6.45) is 1.07. The van der Waals surface area contributed by atoms with Gasteiger partial charge in [0.1, 0.15) is 0 Å². The summed E-state index contributed by atoms with van der Waals surface area (Å²) in [7, 11) is 0. The summed E-state index contributed by atoms with van der Waals surface area (Å²) in [5, 5.41) is 3.64. The Kier molecular flexibility index (Phi) is 2.68.